The van der Waals surface area contributed by atoms with Gasteiger partial charge in [0.15, 0.2) is 0 Å². The first-order valence-electron chi connectivity index (χ1n) is 10.4. The van der Waals surface area contributed by atoms with Crippen LogP contribution in [0.4, 0.5) is 11.5 Å². The monoisotopic (exact) mass is 472 g/mol. The van der Waals surface area contributed by atoms with Gasteiger partial charge in [-0.1, -0.05) is 0 Å². The number of pyridine rings is 2. The molecule has 0 aliphatic carbocycles. The molecule has 0 aromatic carbocycles. The van der Waals surface area contributed by atoms with Gasteiger partial charge in [0.2, 0.25) is 5.91 Å². The Balaban J connectivity index is 1.18. The van der Waals surface area contributed by atoms with Crippen LogP contribution in [0, 0.1) is 0 Å². The van der Waals surface area contributed by atoms with Crippen LogP contribution in [0.1, 0.15) is 18.4 Å². The summed E-state index contributed by atoms with van der Waals surface area (Å²) in [7, 11) is 0. The minimum atomic E-state index is -0.0392. The summed E-state index contributed by atoms with van der Waals surface area (Å²) >= 11 is 3.47. The number of nitrogens with one attached hydrogen (secondary N) is 2. The van der Waals surface area contributed by atoms with E-state index in [1.54, 1.807) is 22.9 Å². The fourth-order valence-corrected chi connectivity index (χ4v) is 5.17. The highest BCUT2D eigenvalue weighted by molar-refractivity contribution is 9.10. The van der Waals surface area contributed by atoms with Crippen molar-refractivity contribution in [1.82, 2.24) is 19.8 Å². The summed E-state index contributed by atoms with van der Waals surface area (Å²) in [6, 6.07) is 5.96. The first-order valence-corrected chi connectivity index (χ1v) is 11.2. The van der Waals surface area contributed by atoms with Gasteiger partial charge in [-0.05, 0) is 59.6 Å². The molecule has 0 bridgehead atoms. The van der Waals surface area contributed by atoms with Crippen LogP contribution in [0.2, 0.25) is 0 Å². The zero-order valence-corrected chi connectivity index (χ0v) is 18.3. The fourth-order valence-electron chi connectivity index (χ4n) is 4.76. The van der Waals surface area contributed by atoms with Crippen LogP contribution in [0.3, 0.4) is 0 Å². The maximum Gasteiger partial charge on any atom is 0.252 e. The van der Waals surface area contributed by atoms with E-state index in [1.807, 2.05) is 11.1 Å². The quantitative estimate of drug-likeness (QED) is 0.684. The minimum Gasteiger partial charge on any atom is -0.373 e. The molecule has 2 aromatic heterocycles. The molecule has 0 spiro atoms. The predicted octanol–water partition coefficient (Wildman–Crippen LogP) is 1.40. The van der Waals surface area contributed by atoms with E-state index in [0.29, 0.717) is 12.6 Å². The van der Waals surface area contributed by atoms with Gasteiger partial charge >= 0.3 is 0 Å². The summed E-state index contributed by atoms with van der Waals surface area (Å²) < 4.78 is 2.74. The summed E-state index contributed by atoms with van der Waals surface area (Å²) in [6.07, 6.45) is 5.83. The van der Waals surface area contributed by atoms with E-state index in [4.69, 9.17) is 0 Å². The summed E-state index contributed by atoms with van der Waals surface area (Å²) in [6.45, 7) is 4.46. The second kappa shape index (κ2) is 8.13. The van der Waals surface area contributed by atoms with Gasteiger partial charge in [-0.15, -0.1) is 0 Å². The van der Waals surface area contributed by atoms with Crippen molar-refractivity contribution in [1.29, 1.82) is 0 Å². The zero-order valence-electron chi connectivity index (χ0n) is 16.7. The van der Waals surface area contributed by atoms with E-state index in [9.17, 15) is 9.59 Å². The number of rotatable bonds is 5. The highest BCUT2D eigenvalue weighted by atomic mass is 79.9. The lowest BCUT2D eigenvalue weighted by molar-refractivity contribution is -0.117. The van der Waals surface area contributed by atoms with Crippen molar-refractivity contribution in [2.45, 2.75) is 38.0 Å². The lowest BCUT2D eigenvalue weighted by Gasteiger charge is -2.36. The number of carbonyl (C=O) groups is 1. The molecule has 2 N–H and O–H groups in total. The number of amides is 1. The molecule has 1 atom stereocenters. The smallest absolute Gasteiger partial charge is 0.252 e. The van der Waals surface area contributed by atoms with Gasteiger partial charge < -0.3 is 15.5 Å². The first-order chi connectivity index (χ1) is 14.6. The Morgan fingerprint density at radius 3 is 2.83 bits per heavy atom. The molecular formula is C21H25BrN6O2. The van der Waals surface area contributed by atoms with Gasteiger partial charge in [0.1, 0.15) is 5.82 Å². The molecule has 1 amide bonds. The second-order valence-electron chi connectivity index (χ2n) is 8.26. The molecule has 30 heavy (non-hydrogen) atoms. The molecule has 5 rings (SSSR count). The Morgan fingerprint density at radius 2 is 2.03 bits per heavy atom. The Hall–Kier alpha value is -2.23. The number of piperidine rings is 1. The van der Waals surface area contributed by atoms with Crippen LogP contribution in [-0.4, -0.2) is 58.6 Å². The molecule has 0 saturated carbocycles. The number of anilines is 2. The maximum absolute atomic E-state index is 12.6. The van der Waals surface area contributed by atoms with Gasteiger partial charge in [-0.2, -0.15) is 0 Å². The number of nitrogens with zero attached hydrogens (tertiary/aromatic N) is 4. The Kier molecular flexibility index (Phi) is 5.34. The summed E-state index contributed by atoms with van der Waals surface area (Å²) in [5, 5.41) is 6.77. The van der Waals surface area contributed by atoms with Crippen LogP contribution >= 0.6 is 15.9 Å². The standard InChI is InChI=1S/C21H25BrN6O2/c22-15-7-14(8-23-10-15)9-24-16-3-5-26(6-4-16)12-17-13-27-19(29)2-1-18-21(27)28(17)20(30)11-25-18/h1-2,7-8,10,16-17,24-25H,3-6,9,11-13H2. The van der Waals surface area contributed by atoms with Crippen LogP contribution in [0.15, 0.2) is 39.9 Å². The highest BCUT2D eigenvalue weighted by Gasteiger charge is 2.39. The van der Waals surface area contributed by atoms with Gasteiger partial charge in [-0.3, -0.25) is 24.0 Å². The van der Waals surface area contributed by atoms with Crippen molar-refractivity contribution in [3.63, 3.8) is 0 Å². The molecule has 5 heterocycles. The number of likely N-dealkylation sites (tertiary alicyclic amines) is 1. The SMILES string of the molecule is O=C1CNc2ccc(=O)n3c2N1C(CN1CCC(NCc2cncc(Br)c2)CC1)C3. The van der Waals surface area contributed by atoms with E-state index >= 15 is 0 Å². The van der Waals surface area contributed by atoms with Crippen molar-refractivity contribution in [2.75, 3.05) is 36.4 Å². The molecule has 1 fully saturated rings. The van der Waals surface area contributed by atoms with Crippen molar-refractivity contribution in [3.05, 3.63) is 51.0 Å². The van der Waals surface area contributed by atoms with Crippen molar-refractivity contribution in [2.24, 2.45) is 0 Å². The van der Waals surface area contributed by atoms with Crippen LogP contribution in [0.25, 0.3) is 0 Å². The summed E-state index contributed by atoms with van der Waals surface area (Å²) in [5.41, 5.74) is 2.01. The molecule has 1 unspecified atom stereocenters. The van der Waals surface area contributed by atoms with Crippen molar-refractivity contribution < 1.29 is 4.79 Å². The van der Waals surface area contributed by atoms with Crippen LogP contribution < -0.4 is 21.1 Å². The average Bonchev–Trinajstić information content (AvgIpc) is 3.13. The topological polar surface area (TPSA) is 82.5 Å². The largest absolute Gasteiger partial charge is 0.373 e. The Morgan fingerprint density at radius 1 is 1.20 bits per heavy atom. The molecule has 2 aromatic rings. The molecule has 158 valence electrons. The minimum absolute atomic E-state index is 0.0192. The third-order valence-corrected chi connectivity index (χ3v) is 6.69. The molecule has 8 nitrogen and oxygen atoms in total. The third-order valence-electron chi connectivity index (χ3n) is 6.25. The Bertz CT molecular complexity index is 1020. The van der Waals surface area contributed by atoms with E-state index in [-0.39, 0.29) is 24.1 Å². The number of hydrogen-bond acceptors (Lipinski definition) is 6. The van der Waals surface area contributed by atoms with E-state index < -0.39 is 0 Å². The molecule has 1 saturated heterocycles. The zero-order chi connectivity index (χ0) is 20.7. The van der Waals surface area contributed by atoms with Gasteiger partial charge in [0, 0.05) is 48.6 Å². The molecule has 3 aliphatic rings. The number of carbonyl (C=O) groups excluding carboxylic acids is 1. The molecule has 9 heteroatoms. The van der Waals surface area contributed by atoms with Crippen molar-refractivity contribution in [3.8, 4) is 0 Å². The Labute approximate surface area is 183 Å². The summed E-state index contributed by atoms with van der Waals surface area (Å²) in [4.78, 5) is 33.4. The predicted molar refractivity (Wildman–Crippen MR) is 119 cm³/mol. The lowest BCUT2D eigenvalue weighted by atomic mass is 10.0. The molecule has 3 aliphatic heterocycles. The number of hydrogen-bond donors (Lipinski definition) is 2. The molecule has 0 radical (unpaired) electrons. The average molecular weight is 473 g/mol. The van der Waals surface area contributed by atoms with Crippen LogP contribution in [-0.2, 0) is 17.9 Å². The fraction of sp³-hybridized carbons (Fsp3) is 0.476. The molecular weight excluding hydrogens is 448 g/mol. The van der Waals surface area contributed by atoms with E-state index in [0.717, 1.165) is 55.0 Å². The van der Waals surface area contributed by atoms with E-state index in [2.05, 4.69) is 42.5 Å². The third kappa shape index (κ3) is 3.77. The lowest BCUT2D eigenvalue weighted by Crippen LogP contribution is -2.51. The summed E-state index contributed by atoms with van der Waals surface area (Å²) in [5.74, 6) is 0.784. The second-order valence-corrected chi connectivity index (χ2v) is 9.17. The van der Waals surface area contributed by atoms with Gasteiger partial charge in [0.05, 0.1) is 18.3 Å². The number of halogens is 1. The van der Waals surface area contributed by atoms with Crippen LogP contribution in [0.5, 0.6) is 0 Å². The number of aromatic nitrogens is 2. The highest BCUT2D eigenvalue weighted by Crippen LogP contribution is 2.35. The van der Waals surface area contributed by atoms with Crippen molar-refractivity contribution >= 4 is 33.3 Å². The first kappa shape index (κ1) is 19.7. The maximum atomic E-state index is 12.6. The normalized spacial score (nSPS) is 21.6. The van der Waals surface area contributed by atoms with Gasteiger partial charge in [-0.25, -0.2) is 0 Å². The van der Waals surface area contributed by atoms with Gasteiger partial charge in [0.25, 0.3) is 5.56 Å². The van der Waals surface area contributed by atoms with E-state index in [1.165, 1.54) is 5.56 Å².